The van der Waals surface area contributed by atoms with Crippen LogP contribution in [-0.2, 0) is 4.79 Å². The van der Waals surface area contributed by atoms with Crippen LogP contribution in [0.4, 0.5) is 11.4 Å². The summed E-state index contributed by atoms with van der Waals surface area (Å²) in [7, 11) is 3.07. The summed E-state index contributed by atoms with van der Waals surface area (Å²) in [5.41, 5.74) is 3.18. The fourth-order valence-electron chi connectivity index (χ4n) is 2.84. The van der Waals surface area contributed by atoms with E-state index in [0.29, 0.717) is 28.4 Å². The minimum atomic E-state index is -0.311. The zero-order valence-corrected chi connectivity index (χ0v) is 17.5. The van der Waals surface area contributed by atoms with Crippen LogP contribution >= 0.6 is 0 Å². The number of aryl methyl sites for hydroxylation is 1. The van der Waals surface area contributed by atoms with Crippen molar-refractivity contribution in [3.63, 3.8) is 0 Å². The first kappa shape index (κ1) is 21.6. The van der Waals surface area contributed by atoms with Gasteiger partial charge in [-0.25, -0.2) is 0 Å². The van der Waals surface area contributed by atoms with Crippen molar-refractivity contribution in [2.45, 2.75) is 6.92 Å². The topological polar surface area (TPSA) is 89.6 Å². The zero-order chi connectivity index (χ0) is 22.2. The van der Waals surface area contributed by atoms with E-state index < -0.39 is 0 Å². The molecule has 0 spiro atoms. The van der Waals surface area contributed by atoms with Gasteiger partial charge in [0.2, 0.25) is 5.91 Å². The quantitative estimate of drug-likeness (QED) is 0.559. The molecule has 31 heavy (non-hydrogen) atoms. The number of ether oxygens (including phenoxy) is 2. The lowest BCUT2D eigenvalue weighted by atomic mass is 10.1. The predicted molar refractivity (Wildman–Crippen MR) is 121 cm³/mol. The molecular formula is C24H23N3O4. The molecule has 0 bridgehead atoms. The number of hydrogen-bond donors (Lipinski definition) is 2. The second-order valence-corrected chi connectivity index (χ2v) is 6.66. The number of carbonyl (C=O) groups excluding carboxylic acids is 2. The molecule has 0 unspecified atom stereocenters. The lowest BCUT2D eigenvalue weighted by Crippen LogP contribution is -2.14. The first-order valence-electron chi connectivity index (χ1n) is 9.53. The van der Waals surface area contributed by atoms with Gasteiger partial charge >= 0.3 is 0 Å². The Hall–Kier alpha value is -4.13. The number of nitrogens with zero attached hydrogens (tertiary/aromatic N) is 1. The van der Waals surface area contributed by atoms with E-state index in [0.717, 1.165) is 11.1 Å². The summed E-state index contributed by atoms with van der Waals surface area (Å²) in [5, 5.41) is 5.63. The first-order valence-corrected chi connectivity index (χ1v) is 9.53. The molecule has 158 valence electrons. The zero-order valence-electron chi connectivity index (χ0n) is 17.5. The molecule has 0 saturated heterocycles. The highest BCUT2D eigenvalue weighted by molar-refractivity contribution is 6.07. The van der Waals surface area contributed by atoms with Gasteiger partial charge in [-0.15, -0.1) is 0 Å². The molecule has 7 nitrogen and oxygen atoms in total. The molecular weight excluding hydrogens is 394 g/mol. The third-order valence-corrected chi connectivity index (χ3v) is 4.51. The van der Waals surface area contributed by atoms with Crippen LogP contribution in [0, 0.1) is 6.92 Å². The van der Waals surface area contributed by atoms with E-state index >= 15 is 0 Å². The summed E-state index contributed by atoms with van der Waals surface area (Å²) < 4.78 is 10.5. The first-order chi connectivity index (χ1) is 15.0. The Morgan fingerprint density at radius 1 is 0.968 bits per heavy atom. The van der Waals surface area contributed by atoms with Crippen molar-refractivity contribution in [3.8, 4) is 11.5 Å². The summed E-state index contributed by atoms with van der Waals surface area (Å²) in [6.07, 6.45) is 6.42. The lowest BCUT2D eigenvalue weighted by molar-refractivity contribution is -0.111. The number of hydrogen-bond acceptors (Lipinski definition) is 5. The normalized spacial score (nSPS) is 10.5. The Bertz CT molecular complexity index is 1110. The van der Waals surface area contributed by atoms with Gasteiger partial charge in [0.15, 0.2) is 11.5 Å². The largest absolute Gasteiger partial charge is 0.493 e. The van der Waals surface area contributed by atoms with Crippen molar-refractivity contribution in [3.05, 3.63) is 83.7 Å². The fourth-order valence-corrected chi connectivity index (χ4v) is 2.84. The average molecular weight is 417 g/mol. The van der Waals surface area contributed by atoms with E-state index in [1.165, 1.54) is 13.2 Å². The van der Waals surface area contributed by atoms with Gasteiger partial charge in [0, 0.05) is 41.5 Å². The van der Waals surface area contributed by atoms with Gasteiger partial charge in [-0.2, -0.15) is 0 Å². The molecule has 0 radical (unpaired) electrons. The number of aromatic nitrogens is 1. The molecule has 3 rings (SSSR count). The van der Waals surface area contributed by atoms with Gasteiger partial charge in [-0.05, 0) is 54.5 Å². The maximum Gasteiger partial charge on any atom is 0.255 e. The number of benzene rings is 2. The van der Waals surface area contributed by atoms with E-state index in [9.17, 15) is 9.59 Å². The highest BCUT2D eigenvalue weighted by Crippen LogP contribution is 2.30. The number of amides is 2. The Balaban J connectivity index is 1.72. The Morgan fingerprint density at radius 3 is 2.48 bits per heavy atom. The van der Waals surface area contributed by atoms with E-state index in [2.05, 4.69) is 15.6 Å². The number of anilines is 2. The maximum absolute atomic E-state index is 12.7. The molecule has 0 fully saturated rings. The van der Waals surface area contributed by atoms with E-state index in [1.54, 1.807) is 68.0 Å². The molecule has 0 saturated carbocycles. The smallest absolute Gasteiger partial charge is 0.255 e. The van der Waals surface area contributed by atoms with Crippen molar-refractivity contribution in [1.29, 1.82) is 0 Å². The molecule has 2 N–H and O–H groups in total. The monoisotopic (exact) mass is 417 g/mol. The van der Waals surface area contributed by atoms with Crippen molar-refractivity contribution in [2.24, 2.45) is 0 Å². The number of pyridine rings is 1. The van der Waals surface area contributed by atoms with Gasteiger partial charge in [-0.1, -0.05) is 12.1 Å². The molecule has 3 aromatic rings. The van der Waals surface area contributed by atoms with Crippen molar-refractivity contribution in [1.82, 2.24) is 4.98 Å². The number of carbonyl (C=O) groups is 2. The molecule has 0 aliphatic carbocycles. The van der Waals surface area contributed by atoms with Crippen molar-refractivity contribution in [2.75, 3.05) is 24.9 Å². The van der Waals surface area contributed by atoms with Crippen molar-refractivity contribution >= 4 is 29.3 Å². The summed E-state index contributed by atoms with van der Waals surface area (Å²) in [6, 6.07) is 13.9. The number of rotatable bonds is 7. The second kappa shape index (κ2) is 10.1. The highest BCUT2D eigenvalue weighted by atomic mass is 16.5. The van der Waals surface area contributed by atoms with Crippen LogP contribution in [0.15, 0.2) is 67.0 Å². The van der Waals surface area contributed by atoms with E-state index in [4.69, 9.17) is 9.47 Å². The summed E-state index contributed by atoms with van der Waals surface area (Å²) in [4.78, 5) is 29.0. The average Bonchev–Trinajstić information content (AvgIpc) is 2.79. The van der Waals surface area contributed by atoms with Crippen LogP contribution in [0.2, 0.25) is 0 Å². The maximum atomic E-state index is 12.7. The standard InChI is InChI=1S/C24H23N3O4/c1-16-6-8-18(24(29)26-19-9-10-21(30-2)22(14-19)31-3)13-20(16)27-23(28)11-7-17-5-4-12-25-15-17/h4-15H,1-3H3,(H,26,29)(H,27,28)/b11-7+. The molecule has 1 aromatic heterocycles. The fraction of sp³-hybridized carbons (Fsp3) is 0.125. The molecule has 0 aliphatic heterocycles. The molecule has 0 atom stereocenters. The molecule has 0 aliphatic rings. The van der Waals surface area contributed by atoms with Crippen LogP contribution in [-0.4, -0.2) is 31.0 Å². The third-order valence-electron chi connectivity index (χ3n) is 4.51. The number of methoxy groups -OCH3 is 2. The third kappa shape index (κ3) is 5.70. The van der Waals surface area contributed by atoms with Gasteiger partial charge in [0.05, 0.1) is 14.2 Å². The SMILES string of the molecule is COc1ccc(NC(=O)c2ccc(C)c(NC(=O)/C=C/c3cccnc3)c2)cc1OC. The Kier molecular flexibility index (Phi) is 7.01. The molecule has 2 aromatic carbocycles. The Morgan fingerprint density at radius 2 is 1.77 bits per heavy atom. The molecule has 2 amide bonds. The van der Waals surface area contributed by atoms with Crippen molar-refractivity contribution < 1.29 is 19.1 Å². The minimum Gasteiger partial charge on any atom is -0.493 e. The Labute approximate surface area is 180 Å². The van der Waals surface area contributed by atoms with Gasteiger partial charge in [-0.3, -0.25) is 14.6 Å². The van der Waals surface area contributed by atoms with Crippen LogP contribution in [0.5, 0.6) is 11.5 Å². The van der Waals surface area contributed by atoms with Crippen LogP contribution < -0.4 is 20.1 Å². The van der Waals surface area contributed by atoms with Gasteiger partial charge < -0.3 is 20.1 Å². The summed E-state index contributed by atoms with van der Waals surface area (Å²) in [5.74, 6) is 0.468. The summed E-state index contributed by atoms with van der Waals surface area (Å²) in [6.45, 7) is 1.86. The lowest BCUT2D eigenvalue weighted by Gasteiger charge is -2.12. The highest BCUT2D eigenvalue weighted by Gasteiger charge is 2.12. The predicted octanol–water partition coefficient (Wildman–Crippen LogP) is 4.31. The number of nitrogens with one attached hydrogen (secondary N) is 2. The molecule has 7 heteroatoms. The molecule has 1 heterocycles. The van der Waals surface area contributed by atoms with Crippen LogP contribution in [0.3, 0.4) is 0 Å². The van der Waals surface area contributed by atoms with E-state index in [1.807, 2.05) is 13.0 Å². The van der Waals surface area contributed by atoms with Crippen LogP contribution in [0.25, 0.3) is 6.08 Å². The second-order valence-electron chi connectivity index (χ2n) is 6.66. The van der Waals surface area contributed by atoms with Gasteiger partial charge in [0.1, 0.15) is 0 Å². The van der Waals surface area contributed by atoms with E-state index in [-0.39, 0.29) is 11.8 Å². The van der Waals surface area contributed by atoms with Gasteiger partial charge in [0.25, 0.3) is 5.91 Å². The van der Waals surface area contributed by atoms with Crippen LogP contribution in [0.1, 0.15) is 21.5 Å². The summed E-state index contributed by atoms with van der Waals surface area (Å²) >= 11 is 0. The minimum absolute atomic E-state index is 0.301.